The minimum absolute atomic E-state index is 0.00752. The van der Waals surface area contributed by atoms with E-state index < -0.39 is 22.9 Å². The predicted octanol–water partition coefficient (Wildman–Crippen LogP) is 6.22. The number of carbonyl (C=O) groups is 2. The number of rotatable bonds is 8. The SMILES string of the molecule is CC(/C=N\N=C1/S[C@H](CC(=O)Nc2cccc(C(F)(F)F)c2)C(=O)N1Cc1ccco1)=C\c1ccccc1. The van der Waals surface area contributed by atoms with Crippen LogP contribution in [0.25, 0.3) is 6.08 Å². The molecule has 1 aromatic heterocycles. The van der Waals surface area contributed by atoms with Gasteiger partial charge in [-0.05, 0) is 48.4 Å². The Balaban J connectivity index is 1.47. The first-order valence-corrected chi connectivity index (χ1v) is 12.4. The monoisotopic (exact) mass is 540 g/mol. The zero-order valence-corrected chi connectivity index (χ0v) is 21.0. The van der Waals surface area contributed by atoms with E-state index in [-0.39, 0.29) is 29.7 Å². The van der Waals surface area contributed by atoms with Crippen LogP contribution in [0.5, 0.6) is 0 Å². The highest BCUT2D eigenvalue weighted by atomic mass is 32.2. The Morgan fingerprint density at radius 1 is 1.13 bits per heavy atom. The van der Waals surface area contributed by atoms with Gasteiger partial charge in [-0.25, -0.2) is 0 Å². The van der Waals surface area contributed by atoms with E-state index in [0.717, 1.165) is 35.0 Å². The highest BCUT2D eigenvalue weighted by molar-refractivity contribution is 8.15. The van der Waals surface area contributed by atoms with Crippen molar-refractivity contribution < 1.29 is 27.2 Å². The molecule has 11 heteroatoms. The number of hydrogen-bond donors (Lipinski definition) is 1. The van der Waals surface area contributed by atoms with Crippen molar-refractivity contribution in [1.82, 2.24) is 4.90 Å². The summed E-state index contributed by atoms with van der Waals surface area (Å²) in [4.78, 5) is 27.1. The molecule has 1 aliphatic rings. The molecule has 2 aromatic carbocycles. The van der Waals surface area contributed by atoms with E-state index in [9.17, 15) is 22.8 Å². The maximum atomic E-state index is 13.1. The summed E-state index contributed by atoms with van der Waals surface area (Å²) in [5.74, 6) is -0.458. The minimum Gasteiger partial charge on any atom is -0.467 e. The number of nitrogens with one attached hydrogen (secondary N) is 1. The molecular formula is C27H23F3N4O3S. The summed E-state index contributed by atoms with van der Waals surface area (Å²) in [5, 5.41) is 10.2. The Labute approximate surface area is 221 Å². The third-order valence-corrected chi connectivity index (χ3v) is 6.52. The van der Waals surface area contributed by atoms with Gasteiger partial charge in [-0.3, -0.25) is 14.5 Å². The molecule has 0 aliphatic carbocycles. The number of amidine groups is 1. The highest BCUT2D eigenvalue weighted by Crippen LogP contribution is 2.33. The van der Waals surface area contributed by atoms with Gasteiger partial charge in [-0.1, -0.05) is 54.2 Å². The van der Waals surface area contributed by atoms with Gasteiger partial charge in [0.25, 0.3) is 0 Å². The largest absolute Gasteiger partial charge is 0.467 e. The summed E-state index contributed by atoms with van der Waals surface area (Å²) in [6.45, 7) is 1.96. The van der Waals surface area contributed by atoms with Crippen LogP contribution in [-0.2, 0) is 22.3 Å². The fraction of sp³-hybridized carbons (Fsp3) is 0.185. The average molecular weight is 541 g/mol. The number of anilines is 1. The molecule has 0 unspecified atom stereocenters. The Kier molecular flexibility index (Phi) is 8.47. The lowest BCUT2D eigenvalue weighted by Gasteiger charge is -2.14. The normalized spacial score (nSPS) is 17.5. The van der Waals surface area contributed by atoms with Gasteiger partial charge in [-0.2, -0.15) is 18.3 Å². The van der Waals surface area contributed by atoms with Crippen LogP contribution in [0.15, 0.2) is 93.2 Å². The lowest BCUT2D eigenvalue weighted by molar-refractivity contribution is -0.137. The molecule has 38 heavy (non-hydrogen) atoms. The lowest BCUT2D eigenvalue weighted by atomic mass is 10.1. The molecule has 0 radical (unpaired) electrons. The number of thioether (sulfide) groups is 1. The number of carbonyl (C=O) groups excluding carboxylic acids is 2. The standard InChI is InChI=1S/C27H23F3N4O3S/c1-18(13-19-7-3-2-4-8-19)16-31-33-26-34(17-22-11-6-12-37-22)25(36)23(38-26)15-24(35)32-21-10-5-9-20(14-21)27(28,29)30/h2-14,16,23H,15,17H2,1H3,(H,32,35)/b18-13+,31-16-,33-26-/t23-/m1/s1. The van der Waals surface area contributed by atoms with Gasteiger partial charge in [0.1, 0.15) is 11.0 Å². The first-order valence-electron chi connectivity index (χ1n) is 11.5. The molecule has 2 heterocycles. The molecule has 7 nitrogen and oxygen atoms in total. The van der Waals surface area contributed by atoms with Crippen molar-refractivity contribution in [3.63, 3.8) is 0 Å². The molecule has 196 valence electrons. The number of hydrogen-bond acceptors (Lipinski definition) is 6. The summed E-state index contributed by atoms with van der Waals surface area (Å²) in [7, 11) is 0. The van der Waals surface area contributed by atoms with Gasteiger partial charge in [0, 0.05) is 12.1 Å². The van der Waals surface area contributed by atoms with Gasteiger partial charge in [-0.15, -0.1) is 5.10 Å². The van der Waals surface area contributed by atoms with E-state index in [1.54, 1.807) is 18.3 Å². The summed E-state index contributed by atoms with van der Waals surface area (Å²) in [6.07, 6.45) is 0.173. The number of benzene rings is 2. The minimum atomic E-state index is -4.54. The summed E-state index contributed by atoms with van der Waals surface area (Å²) < 4.78 is 44.3. The van der Waals surface area contributed by atoms with E-state index in [1.165, 1.54) is 23.3 Å². The molecule has 1 fully saturated rings. The van der Waals surface area contributed by atoms with E-state index in [1.807, 2.05) is 43.3 Å². The Morgan fingerprint density at radius 3 is 2.63 bits per heavy atom. The van der Waals surface area contributed by atoms with Crippen LogP contribution in [0.1, 0.15) is 30.2 Å². The zero-order chi connectivity index (χ0) is 27.1. The maximum Gasteiger partial charge on any atom is 0.416 e. The molecule has 1 atom stereocenters. The Bertz CT molecular complexity index is 1370. The summed E-state index contributed by atoms with van der Waals surface area (Å²) in [5.41, 5.74) is 0.951. The second-order valence-electron chi connectivity index (χ2n) is 8.37. The number of alkyl halides is 3. The van der Waals surface area contributed by atoms with Gasteiger partial charge < -0.3 is 9.73 Å². The Morgan fingerprint density at radius 2 is 1.92 bits per heavy atom. The van der Waals surface area contributed by atoms with E-state index >= 15 is 0 Å². The maximum absolute atomic E-state index is 13.1. The fourth-order valence-electron chi connectivity index (χ4n) is 3.59. The van der Waals surface area contributed by atoms with Crippen molar-refractivity contribution in [1.29, 1.82) is 0 Å². The number of halogens is 3. The van der Waals surface area contributed by atoms with E-state index in [0.29, 0.717) is 5.76 Å². The van der Waals surface area contributed by atoms with Crippen LogP contribution >= 0.6 is 11.8 Å². The molecule has 0 spiro atoms. The van der Waals surface area contributed by atoms with Crippen LogP contribution in [0.2, 0.25) is 0 Å². The van der Waals surface area contributed by atoms with Gasteiger partial charge >= 0.3 is 6.18 Å². The lowest BCUT2D eigenvalue weighted by Crippen LogP contribution is -2.33. The van der Waals surface area contributed by atoms with Crippen molar-refractivity contribution in [3.05, 3.63) is 95.5 Å². The van der Waals surface area contributed by atoms with Crippen LogP contribution in [0.3, 0.4) is 0 Å². The topological polar surface area (TPSA) is 87.3 Å². The second kappa shape index (κ2) is 12.0. The number of furan rings is 1. The first kappa shape index (κ1) is 26.9. The third kappa shape index (κ3) is 7.22. The molecule has 4 rings (SSSR count). The predicted molar refractivity (Wildman–Crippen MR) is 141 cm³/mol. The quantitative estimate of drug-likeness (QED) is 0.272. The van der Waals surface area contributed by atoms with Gasteiger partial charge in [0.15, 0.2) is 5.17 Å². The molecule has 1 N–H and O–H groups in total. The van der Waals surface area contributed by atoms with Crippen molar-refractivity contribution in [2.45, 2.75) is 31.3 Å². The molecule has 3 aromatic rings. The van der Waals surface area contributed by atoms with Crippen molar-refractivity contribution in [2.75, 3.05) is 5.32 Å². The van der Waals surface area contributed by atoms with Crippen LogP contribution < -0.4 is 5.32 Å². The van der Waals surface area contributed by atoms with Crippen molar-refractivity contribution in [2.24, 2.45) is 10.2 Å². The van der Waals surface area contributed by atoms with Crippen LogP contribution in [0, 0.1) is 0 Å². The van der Waals surface area contributed by atoms with Gasteiger partial charge in [0.2, 0.25) is 11.8 Å². The zero-order valence-electron chi connectivity index (χ0n) is 20.2. The molecule has 0 saturated carbocycles. The van der Waals surface area contributed by atoms with Crippen LogP contribution in [0.4, 0.5) is 18.9 Å². The van der Waals surface area contributed by atoms with E-state index in [2.05, 4.69) is 15.5 Å². The third-order valence-electron chi connectivity index (χ3n) is 5.36. The number of allylic oxidation sites excluding steroid dienone is 1. The molecule has 2 amide bonds. The van der Waals surface area contributed by atoms with E-state index in [4.69, 9.17) is 4.42 Å². The average Bonchev–Trinajstić information content (AvgIpc) is 3.49. The second-order valence-corrected chi connectivity index (χ2v) is 9.54. The summed E-state index contributed by atoms with van der Waals surface area (Å²) >= 11 is 1.06. The number of amides is 2. The Hall–Kier alpha value is -4.12. The smallest absolute Gasteiger partial charge is 0.416 e. The first-order chi connectivity index (χ1) is 18.2. The molecule has 1 aliphatic heterocycles. The molecule has 0 bridgehead atoms. The van der Waals surface area contributed by atoms with Crippen LogP contribution in [-0.4, -0.2) is 33.3 Å². The van der Waals surface area contributed by atoms with Gasteiger partial charge in [0.05, 0.1) is 24.6 Å². The molecular weight excluding hydrogens is 517 g/mol. The van der Waals surface area contributed by atoms with Crippen molar-refractivity contribution in [3.8, 4) is 0 Å². The fourth-order valence-corrected chi connectivity index (χ4v) is 4.69. The highest BCUT2D eigenvalue weighted by Gasteiger charge is 2.40. The summed E-state index contributed by atoms with van der Waals surface area (Å²) in [6, 6.07) is 17.4. The molecule has 1 saturated heterocycles. The van der Waals surface area contributed by atoms with Crippen molar-refractivity contribution >= 4 is 46.7 Å². The number of nitrogens with zero attached hydrogens (tertiary/aromatic N) is 3.